The van der Waals surface area contributed by atoms with E-state index >= 15 is 0 Å². The first kappa shape index (κ1) is 14.9. The SMILES string of the molecule is COCC(O)CCNc1ccc(N)c(OCC2CC2)n1. The van der Waals surface area contributed by atoms with Gasteiger partial charge in [-0.2, -0.15) is 4.98 Å². The molecular formula is C14H23N3O3. The smallest absolute Gasteiger partial charge is 0.239 e. The van der Waals surface area contributed by atoms with Crippen molar-refractivity contribution in [3.63, 3.8) is 0 Å². The molecule has 1 fully saturated rings. The summed E-state index contributed by atoms with van der Waals surface area (Å²) in [6.45, 7) is 1.64. The maximum atomic E-state index is 9.55. The van der Waals surface area contributed by atoms with Gasteiger partial charge in [0.15, 0.2) is 0 Å². The summed E-state index contributed by atoms with van der Waals surface area (Å²) in [6.07, 6.45) is 2.59. The Balaban J connectivity index is 1.79. The van der Waals surface area contributed by atoms with Crippen LogP contribution in [0.4, 0.5) is 11.5 Å². The van der Waals surface area contributed by atoms with Crippen molar-refractivity contribution in [2.75, 3.05) is 37.9 Å². The Morgan fingerprint density at radius 1 is 1.50 bits per heavy atom. The van der Waals surface area contributed by atoms with Crippen LogP contribution in [-0.4, -0.2) is 43.1 Å². The van der Waals surface area contributed by atoms with E-state index in [0.29, 0.717) is 49.5 Å². The molecule has 1 heterocycles. The van der Waals surface area contributed by atoms with Gasteiger partial charge >= 0.3 is 0 Å². The number of ether oxygens (including phenoxy) is 2. The number of hydrogen-bond acceptors (Lipinski definition) is 6. The van der Waals surface area contributed by atoms with Gasteiger partial charge < -0.3 is 25.6 Å². The second kappa shape index (κ2) is 7.31. The number of anilines is 2. The normalized spacial score (nSPS) is 15.9. The fraction of sp³-hybridized carbons (Fsp3) is 0.643. The average molecular weight is 281 g/mol. The molecule has 1 unspecified atom stereocenters. The quantitative estimate of drug-likeness (QED) is 0.631. The Labute approximate surface area is 119 Å². The number of hydrogen-bond donors (Lipinski definition) is 3. The molecule has 0 saturated heterocycles. The zero-order valence-corrected chi connectivity index (χ0v) is 11.8. The van der Waals surface area contributed by atoms with Crippen molar-refractivity contribution < 1.29 is 14.6 Å². The molecule has 0 amide bonds. The van der Waals surface area contributed by atoms with Crippen LogP contribution in [0.1, 0.15) is 19.3 Å². The van der Waals surface area contributed by atoms with Gasteiger partial charge in [0.1, 0.15) is 5.82 Å². The summed E-state index contributed by atoms with van der Waals surface area (Å²) in [5.41, 5.74) is 6.39. The van der Waals surface area contributed by atoms with Crippen LogP contribution in [0.15, 0.2) is 12.1 Å². The molecule has 112 valence electrons. The molecule has 0 bridgehead atoms. The molecule has 6 nitrogen and oxygen atoms in total. The lowest BCUT2D eigenvalue weighted by Gasteiger charge is -2.12. The number of aliphatic hydroxyl groups excluding tert-OH is 1. The predicted molar refractivity (Wildman–Crippen MR) is 77.9 cm³/mol. The molecular weight excluding hydrogens is 258 g/mol. The summed E-state index contributed by atoms with van der Waals surface area (Å²) in [5, 5.41) is 12.7. The van der Waals surface area contributed by atoms with Crippen molar-refractivity contribution in [1.82, 2.24) is 4.98 Å². The number of nitrogen functional groups attached to an aromatic ring is 1. The molecule has 2 rings (SSSR count). The first-order valence-electron chi connectivity index (χ1n) is 6.99. The highest BCUT2D eigenvalue weighted by Gasteiger charge is 2.22. The van der Waals surface area contributed by atoms with Crippen molar-refractivity contribution >= 4 is 11.5 Å². The van der Waals surface area contributed by atoms with Crippen LogP contribution in [0.2, 0.25) is 0 Å². The second-order valence-electron chi connectivity index (χ2n) is 5.17. The number of nitrogens with zero attached hydrogens (tertiary/aromatic N) is 1. The maximum absolute atomic E-state index is 9.55. The third kappa shape index (κ3) is 4.86. The standard InChI is InChI=1S/C14H23N3O3/c1-19-9-11(18)6-7-16-13-5-4-12(15)14(17-13)20-8-10-2-3-10/h4-5,10-11,18H,2-3,6-9,15H2,1H3,(H,16,17). The van der Waals surface area contributed by atoms with E-state index in [9.17, 15) is 5.11 Å². The molecule has 1 saturated carbocycles. The highest BCUT2D eigenvalue weighted by atomic mass is 16.5. The topological polar surface area (TPSA) is 89.6 Å². The van der Waals surface area contributed by atoms with E-state index in [-0.39, 0.29) is 0 Å². The first-order chi connectivity index (χ1) is 9.69. The third-order valence-electron chi connectivity index (χ3n) is 3.19. The van der Waals surface area contributed by atoms with Crippen LogP contribution in [0.3, 0.4) is 0 Å². The Kier molecular flexibility index (Phi) is 5.43. The van der Waals surface area contributed by atoms with Crippen LogP contribution in [0.5, 0.6) is 5.88 Å². The molecule has 0 spiro atoms. The molecule has 1 atom stereocenters. The summed E-state index contributed by atoms with van der Waals surface area (Å²) < 4.78 is 10.5. The van der Waals surface area contributed by atoms with Crippen LogP contribution in [-0.2, 0) is 4.74 Å². The number of pyridine rings is 1. The summed E-state index contributed by atoms with van der Waals surface area (Å²) >= 11 is 0. The van der Waals surface area contributed by atoms with Gasteiger partial charge in [-0.15, -0.1) is 0 Å². The van der Waals surface area contributed by atoms with Gasteiger partial charge in [-0.05, 0) is 37.3 Å². The number of rotatable bonds is 9. The second-order valence-corrected chi connectivity index (χ2v) is 5.17. The summed E-state index contributed by atoms with van der Waals surface area (Å²) in [5.74, 6) is 1.85. The van der Waals surface area contributed by atoms with Crippen molar-refractivity contribution in [2.45, 2.75) is 25.4 Å². The van der Waals surface area contributed by atoms with Gasteiger partial charge in [0, 0.05) is 13.7 Å². The van der Waals surface area contributed by atoms with E-state index in [1.165, 1.54) is 12.8 Å². The molecule has 0 radical (unpaired) electrons. The monoisotopic (exact) mass is 281 g/mol. The van der Waals surface area contributed by atoms with E-state index in [0.717, 1.165) is 0 Å². The molecule has 1 aromatic heterocycles. The Hall–Kier alpha value is -1.53. The van der Waals surface area contributed by atoms with Crippen LogP contribution in [0.25, 0.3) is 0 Å². The Morgan fingerprint density at radius 3 is 3.00 bits per heavy atom. The molecule has 20 heavy (non-hydrogen) atoms. The maximum Gasteiger partial charge on any atom is 0.239 e. The molecule has 4 N–H and O–H groups in total. The minimum atomic E-state index is -0.466. The number of nitrogens with one attached hydrogen (secondary N) is 1. The summed E-state index contributed by atoms with van der Waals surface area (Å²) in [4.78, 5) is 4.34. The lowest BCUT2D eigenvalue weighted by Crippen LogP contribution is -2.18. The molecule has 0 aromatic carbocycles. The number of aliphatic hydroxyl groups is 1. The number of aromatic nitrogens is 1. The van der Waals surface area contributed by atoms with Crippen molar-refractivity contribution in [3.8, 4) is 5.88 Å². The lowest BCUT2D eigenvalue weighted by atomic mass is 10.2. The van der Waals surface area contributed by atoms with E-state index in [2.05, 4.69) is 10.3 Å². The predicted octanol–water partition coefficient (Wildman–Crippen LogP) is 1.26. The first-order valence-corrected chi connectivity index (χ1v) is 6.99. The number of methoxy groups -OCH3 is 1. The summed E-state index contributed by atoms with van der Waals surface area (Å²) in [7, 11) is 1.57. The van der Waals surface area contributed by atoms with Crippen LogP contribution >= 0.6 is 0 Å². The van der Waals surface area contributed by atoms with Crippen LogP contribution in [0, 0.1) is 5.92 Å². The van der Waals surface area contributed by atoms with E-state index < -0.39 is 6.10 Å². The van der Waals surface area contributed by atoms with Crippen molar-refractivity contribution in [1.29, 1.82) is 0 Å². The van der Waals surface area contributed by atoms with Gasteiger partial charge in [-0.1, -0.05) is 0 Å². The van der Waals surface area contributed by atoms with E-state index in [1.54, 1.807) is 13.2 Å². The zero-order chi connectivity index (χ0) is 14.4. The lowest BCUT2D eigenvalue weighted by molar-refractivity contribution is 0.0615. The molecule has 0 aliphatic heterocycles. The summed E-state index contributed by atoms with van der Waals surface area (Å²) in [6, 6.07) is 3.59. The van der Waals surface area contributed by atoms with E-state index in [1.807, 2.05) is 6.07 Å². The zero-order valence-electron chi connectivity index (χ0n) is 11.8. The Morgan fingerprint density at radius 2 is 2.30 bits per heavy atom. The van der Waals surface area contributed by atoms with Gasteiger partial charge in [0.05, 0.1) is 25.0 Å². The van der Waals surface area contributed by atoms with Gasteiger partial charge in [0.2, 0.25) is 5.88 Å². The highest BCUT2D eigenvalue weighted by molar-refractivity contribution is 5.53. The third-order valence-corrected chi connectivity index (χ3v) is 3.19. The van der Waals surface area contributed by atoms with Crippen molar-refractivity contribution in [2.24, 2.45) is 5.92 Å². The van der Waals surface area contributed by atoms with Gasteiger partial charge in [0.25, 0.3) is 0 Å². The largest absolute Gasteiger partial charge is 0.476 e. The fourth-order valence-corrected chi connectivity index (χ4v) is 1.79. The van der Waals surface area contributed by atoms with Crippen molar-refractivity contribution in [3.05, 3.63) is 12.1 Å². The van der Waals surface area contributed by atoms with Gasteiger partial charge in [-0.25, -0.2) is 0 Å². The minimum Gasteiger partial charge on any atom is -0.476 e. The average Bonchev–Trinajstić information content (AvgIpc) is 3.23. The van der Waals surface area contributed by atoms with Gasteiger partial charge in [-0.3, -0.25) is 0 Å². The molecule has 1 aliphatic rings. The van der Waals surface area contributed by atoms with Crippen LogP contribution < -0.4 is 15.8 Å². The highest BCUT2D eigenvalue weighted by Crippen LogP contribution is 2.30. The Bertz CT molecular complexity index is 424. The fourth-order valence-electron chi connectivity index (χ4n) is 1.79. The minimum absolute atomic E-state index is 0.340. The number of nitrogens with two attached hydrogens (primary N) is 1. The van der Waals surface area contributed by atoms with E-state index in [4.69, 9.17) is 15.2 Å². The molecule has 6 heteroatoms. The molecule has 1 aromatic rings. The molecule has 1 aliphatic carbocycles.